The van der Waals surface area contributed by atoms with Gasteiger partial charge in [0.2, 0.25) is 0 Å². The SMILES string of the molecule is CCOc1cc(/C=C2\SC(=O)N(Cc3ccc(Cl)cc3Cl)C2=O)cc(Cl)c1OCc1ccccc1C. The van der Waals surface area contributed by atoms with Crippen molar-refractivity contribution in [2.24, 2.45) is 0 Å². The van der Waals surface area contributed by atoms with Crippen molar-refractivity contribution in [2.75, 3.05) is 6.61 Å². The Hall–Kier alpha value is -2.64. The molecule has 1 heterocycles. The Balaban J connectivity index is 1.56. The number of imide groups is 1. The first-order valence-electron chi connectivity index (χ1n) is 11.1. The fourth-order valence-corrected chi connectivity index (χ4v) is 5.18. The van der Waals surface area contributed by atoms with Crippen LogP contribution in [0, 0.1) is 6.92 Å². The number of thioether (sulfide) groups is 1. The second-order valence-corrected chi connectivity index (χ2v) is 10.2. The second kappa shape index (κ2) is 11.6. The zero-order chi connectivity index (χ0) is 25.8. The highest BCUT2D eigenvalue weighted by molar-refractivity contribution is 8.18. The zero-order valence-corrected chi connectivity index (χ0v) is 22.6. The van der Waals surface area contributed by atoms with Crippen LogP contribution in [0.15, 0.2) is 59.5 Å². The molecular weight excluding hydrogens is 541 g/mol. The molecule has 5 nitrogen and oxygen atoms in total. The molecule has 0 aliphatic carbocycles. The van der Waals surface area contributed by atoms with Crippen LogP contribution >= 0.6 is 46.6 Å². The third-order valence-electron chi connectivity index (χ3n) is 5.48. The van der Waals surface area contributed by atoms with E-state index in [1.54, 1.807) is 36.4 Å². The third kappa shape index (κ3) is 6.01. The van der Waals surface area contributed by atoms with Gasteiger partial charge in [0.25, 0.3) is 11.1 Å². The number of hydrogen-bond acceptors (Lipinski definition) is 5. The van der Waals surface area contributed by atoms with Crippen molar-refractivity contribution in [3.8, 4) is 11.5 Å². The van der Waals surface area contributed by atoms with Gasteiger partial charge in [-0.3, -0.25) is 14.5 Å². The van der Waals surface area contributed by atoms with Gasteiger partial charge in [0.1, 0.15) is 6.61 Å². The highest BCUT2D eigenvalue weighted by Gasteiger charge is 2.35. The molecule has 0 unspecified atom stereocenters. The molecule has 4 rings (SSSR count). The Kier molecular flexibility index (Phi) is 8.52. The summed E-state index contributed by atoms with van der Waals surface area (Å²) in [5.41, 5.74) is 3.39. The molecule has 0 radical (unpaired) electrons. The van der Waals surface area contributed by atoms with Gasteiger partial charge in [-0.2, -0.15) is 0 Å². The molecular formula is C27H22Cl3NO4S. The van der Waals surface area contributed by atoms with Crippen molar-refractivity contribution in [3.63, 3.8) is 0 Å². The predicted molar refractivity (Wildman–Crippen MR) is 146 cm³/mol. The van der Waals surface area contributed by atoms with E-state index >= 15 is 0 Å². The number of aryl methyl sites for hydroxylation is 1. The van der Waals surface area contributed by atoms with Crippen LogP contribution in [0.4, 0.5) is 4.79 Å². The van der Waals surface area contributed by atoms with Crippen molar-refractivity contribution in [1.82, 2.24) is 4.90 Å². The van der Waals surface area contributed by atoms with E-state index in [4.69, 9.17) is 44.3 Å². The smallest absolute Gasteiger partial charge is 0.293 e. The monoisotopic (exact) mass is 561 g/mol. The second-order valence-electron chi connectivity index (χ2n) is 7.98. The predicted octanol–water partition coefficient (Wildman–Crippen LogP) is 8.17. The van der Waals surface area contributed by atoms with E-state index in [9.17, 15) is 9.59 Å². The molecule has 186 valence electrons. The first-order valence-corrected chi connectivity index (χ1v) is 13.0. The average Bonchev–Trinajstić information content (AvgIpc) is 3.08. The highest BCUT2D eigenvalue weighted by Crippen LogP contribution is 2.40. The summed E-state index contributed by atoms with van der Waals surface area (Å²) in [6.07, 6.45) is 1.62. The number of benzene rings is 3. The Morgan fingerprint density at radius 2 is 1.72 bits per heavy atom. The maximum Gasteiger partial charge on any atom is 0.293 e. The number of amides is 2. The van der Waals surface area contributed by atoms with Crippen LogP contribution in [-0.4, -0.2) is 22.7 Å². The molecule has 0 atom stereocenters. The molecule has 0 aromatic heterocycles. The molecule has 2 amide bonds. The van der Waals surface area contributed by atoms with Crippen LogP contribution in [0.3, 0.4) is 0 Å². The van der Waals surface area contributed by atoms with Gasteiger partial charge < -0.3 is 9.47 Å². The normalized spacial score (nSPS) is 14.6. The lowest BCUT2D eigenvalue weighted by atomic mass is 10.1. The molecule has 1 saturated heterocycles. The molecule has 0 spiro atoms. The third-order valence-corrected chi connectivity index (χ3v) is 7.25. The van der Waals surface area contributed by atoms with Crippen molar-refractivity contribution < 1.29 is 19.1 Å². The standard InChI is InChI=1S/C27H22Cl3NO4S/c1-3-34-23-11-17(10-22(30)25(23)35-15-19-7-5-4-6-16(19)2)12-24-26(32)31(27(33)36-24)14-18-8-9-20(28)13-21(18)29/h4-13H,3,14-15H2,1-2H3/b24-12-. The molecule has 1 aliphatic rings. The first-order chi connectivity index (χ1) is 17.3. The number of ether oxygens (including phenoxy) is 2. The Morgan fingerprint density at radius 3 is 2.44 bits per heavy atom. The largest absolute Gasteiger partial charge is 0.490 e. The van der Waals surface area contributed by atoms with Gasteiger partial charge in [0, 0.05) is 10.0 Å². The van der Waals surface area contributed by atoms with E-state index in [0.717, 1.165) is 27.8 Å². The number of halogens is 3. The number of carbonyl (C=O) groups is 2. The molecule has 36 heavy (non-hydrogen) atoms. The summed E-state index contributed by atoms with van der Waals surface area (Å²) in [6, 6.07) is 16.3. The molecule has 1 fully saturated rings. The van der Waals surface area contributed by atoms with E-state index in [2.05, 4.69) is 0 Å². The molecule has 0 bridgehead atoms. The van der Waals surface area contributed by atoms with Gasteiger partial charge in [-0.25, -0.2) is 0 Å². The lowest BCUT2D eigenvalue weighted by Crippen LogP contribution is -2.27. The minimum Gasteiger partial charge on any atom is -0.490 e. The molecule has 0 saturated carbocycles. The summed E-state index contributed by atoms with van der Waals surface area (Å²) in [5, 5.41) is 0.825. The Bertz CT molecular complexity index is 1360. The van der Waals surface area contributed by atoms with Crippen molar-refractivity contribution >= 4 is 63.8 Å². The Labute approximate surface area is 228 Å². The summed E-state index contributed by atoms with van der Waals surface area (Å²) >= 11 is 19.6. The van der Waals surface area contributed by atoms with E-state index in [1.807, 2.05) is 38.1 Å². The lowest BCUT2D eigenvalue weighted by molar-refractivity contribution is -0.123. The lowest BCUT2D eigenvalue weighted by Gasteiger charge is -2.15. The van der Waals surface area contributed by atoms with Gasteiger partial charge in [0.05, 0.1) is 23.1 Å². The minimum atomic E-state index is -0.412. The van der Waals surface area contributed by atoms with Gasteiger partial charge in [-0.05, 0) is 78.2 Å². The van der Waals surface area contributed by atoms with E-state index in [1.165, 1.54) is 0 Å². The van der Waals surface area contributed by atoms with Crippen molar-refractivity contribution in [2.45, 2.75) is 27.0 Å². The summed E-state index contributed by atoms with van der Waals surface area (Å²) < 4.78 is 11.8. The topological polar surface area (TPSA) is 55.8 Å². The van der Waals surface area contributed by atoms with E-state index in [-0.39, 0.29) is 16.7 Å². The zero-order valence-electron chi connectivity index (χ0n) is 19.5. The summed E-state index contributed by atoms with van der Waals surface area (Å²) in [7, 11) is 0. The van der Waals surface area contributed by atoms with Crippen LogP contribution in [0.25, 0.3) is 6.08 Å². The number of rotatable bonds is 8. The van der Waals surface area contributed by atoms with Crippen LogP contribution in [0.1, 0.15) is 29.2 Å². The quantitative estimate of drug-likeness (QED) is 0.259. The summed E-state index contributed by atoms with van der Waals surface area (Å²) in [4.78, 5) is 27.0. The number of carbonyl (C=O) groups excluding carboxylic acids is 2. The fourth-order valence-electron chi connectivity index (χ4n) is 3.60. The summed E-state index contributed by atoms with van der Waals surface area (Å²) in [5.74, 6) is 0.464. The van der Waals surface area contributed by atoms with Crippen molar-refractivity contribution in [3.05, 3.63) is 96.8 Å². The summed E-state index contributed by atoms with van der Waals surface area (Å²) in [6.45, 7) is 4.66. The van der Waals surface area contributed by atoms with Crippen LogP contribution in [-0.2, 0) is 17.9 Å². The van der Waals surface area contributed by atoms with Crippen LogP contribution in [0.2, 0.25) is 15.1 Å². The maximum atomic E-state index is 13.0. The van der Waals surface area contributed by atoms with Gasteiger partial charge >= 0.3 is 0 Å². The van der Waals surface area contributed by atoms with Gasteiger partial charge in [-0.15, -0.1) is 0 Å². The number of hydrogen-bond donors (Lipinski definition) is 0. The van der Waals surface area contributed by atoms with Crippen LogP contribution < -0.4 is 9.47 Å². The average molecular weight is 563 g/mol. The highest BCUT2D eigenvalue weighted by atomic mass is 35.5. The molecule has 3 aromatic carbocycles. The minimum absolute atomic E-state index is 0.0502. The Morgan fingerprint density at radius 1 is 0.944 bits per heavy atom. The number of nitrogens with zero attached hydrogens (tertiary/aromatic N) is 1. The molecule has 1 aliphatic heterocycles. The molecule has 9 heteroatoms. The van der Waals surface area contributed by atoms with E-state index < -0.39 is 5.91 Å². The van der Waals surface area contributed by atoms with Crippen molar-refractivity contribution in [1.29, 1.82) is 0 Å². The van der Waals surface area contributed by atoms with E-state index in [0.29, 0.717) is 50.9 Å². The first kappa shape index (κ1) is 26.4. The van der Waals surface area contributed by atoms with Gasteiger partial charge in [-0.1, -0.05) is 65.1 Å². The van der Waals surface area contributed by atoms with Crippen LogP contribution in [0.5, 0.6) is 11.5 Å². The van der Waals surface area contributed by atoms with Gasteiger partial charge in [0.15, 0.2) is 11.5 Å². The maximum absolute atomic E-state index is 13.0. The molecule has 0 N–H and O–H groups in total. The molecule has 3 aromatic rings. The fraction of sp³-hybridized carbons (Fsp3) is 0.185.